The van der Waals surface area contributed by atoms with Crippen molar-refractivity contribution in [2.45, 2.75) is 39.5 Å². The summed E-state index contributed by atoms with van der Waals surface area (Å²) in [6, 6.07) is 5.35. The Hall–Kier alpha value is -3.34. The van der Waals surface area contributed by atoms with Crippen LogP contribution < -0.4 is 15.8 Å². The van der Waals surface area contributed by atoms with Crippen LogP contribution in [-0.2, 0) is 30.5 Å². The molecule has 0 fully saturated rings. The van der Waals surface area contributed by atoms with E-state index in [1.165, 1.54) is 23.0 Å². The van der Waals surface area contributed by atoms with Gasteiger partial charge in [-0.05, 0) is 11.6 Å². The van der Waals surface area contributed by atoms with Crippen molar-refractivity contribution in [2.75, 3.05) is 16.8 Å². The fraction of sp³-hybridized carbons (Fsp3) is 0.364. The third-order valence-corrected chi connectivity index (χ3v) is 6.03. The zero-order chi connectivity index (χ0) is 24.6. The lowest BCUT2D eigenvalue weighted by Gasteiger charge is -2.30. The van der Waals surface area contributed by atoms with Crippen molar-refractivity contribution in [3.05, 3.63) is 68.2 Å². The highest BCUT2D eigenvalue weighted by Crippen LogP contribution is 2.35. The fourth-order valence-corrected chi connectivity index (χ4v) is 4.09. The molecular weight excluding hydrogens is 473 g/mol. The van der Waals surface area contributed by atoms with Gasteiger partial charge >= 0.3 is 6.18 Å². The van der Waals surface area contributed by atoms with Crippen molar-refractivity contribution in [1.82, 2.24) is 20.0 Å². The van der Waals surface area contributed by atoms with E-state index in [1.807, 2.05) is 4.90 Å². The summed E-state index contributed by atoms with van der Waals surface area (Å²) in [7, 11) is 0. The summed E-state index contributed by atoms with van der Waals surface area (Å²) in [6.45, 7) is 4.03. The Balaban J connectivity index is 1.74. The number of hydrogen-bond donors (Lipinski definition) is 2. The van der Waals surface area contributed by atoms with E-state index in [1.54, 1.807) is 19.9 Å². The molecule has 1 amide bonds. The Bertz CT molecular complexity index is 1280. The lowest BCUT2D eigenvalue weighted by atomic mass is 10.0. The first-order valence-corrected chi connectivity index (χ1v) is 11.0. The molecule has 0 radical (unpaired) electrons. The molecule has 34 heavy (non-hydrogen) atoms. The number of nitrogens with one attached hydrogen (secondary N) is 2. The lowest BCUT2D eigenvalue weighted by Crippen LogP contribution is -2.33. The smallest absolute Gasteiger partial charge is 0.364 e. The summed E-state index contributed by atoms with van der Waals surface area (Å²) in [6.07, 6.45) is -2.65. The molecule has 0 atom stereocenters. The van der Waals surface area contributed by atoms with Gasteiger partial charge in [0.05, 0.1) is 24.0 Å². The molecule has 1 aliphatic rings. The van der Waals surface area contributed by atoms with Gasteiger partial charge in [0.25, 0.3) is 5.56 Å². The largest absolute Gasteiger partial charge is 0.416 e. The molecule has 4 rings (SSSR count). The minimum atomic E-state index is -4.50. The Morgan fingerprint density at radius 1 is 1.29 bits per heavy atom. The van der Waals surface area contributed by atoms with Gasteiger partial charge in [-0.1, -0.05) is 43.6 Å². The van der Waals surface area contributed by atoms with Crippen molar-refractivity contribution in [3.8, 4) is 0 Å². The normalized spacial score (nSPS) is 13.8. The number of benzene rings is 1. The monoisotopic (exact) mass is 494 g/mol. The van der Waals surface area contributed by atoms with Gasteiger partial charge in [-0.15, -0.1) is 0 Å². The second kappa shape index (κ2) is 9.13. The lowest BCUT2D eigenvalue weighted by molar-refractivity contribution is -0.138. The number of alkyl halides is 3. The number of fused-ring (bicyclic) bond motifs is 1. The highest BCUT2D eigenvalue weighted by atomic mass is 35.5. The Morgan fingerprint density at radius 3 is 2.74 bits per heavy atom. The van der Waals surface area contributed by atoms with Crippen LogP contribution in [0.15, 0.2) is 35.3 Å². The zero-order valence-electron chi connectivity index (χ0n) is 18.4. The van der Waals surface area contributed by atoms with Crippen LogP contribution in [0, 0.1) is 5.92 Å². The Labute approximate surface area is 197 Å². The molecule has 0 saturated carbocycles. The number of anilines is 2. The predicted octanol–water partition coefficient (Wildman–Crippen LogP) is 3.84. The van der Waals surface area contributed by atoms with Crippen molar-refractivity contribution >= 4 is 29.0 Å². The number of aromatic nitrogens is 4. The molecule has 0 bridgehead atoms. The molecular formula is C22H22ClF3N6O2. The molecule has 0 unspecified atom stereocenters. The summed E-state index contributed by atoms with van der Waals surface area (Å²) in [5, 5.41) is 13.3. The van der Waals surface area contributed by atoms with Gasteiger partial charge < -0.3 is 10.2 Å². The standard InChI is InChI=1S/C22H22ClF3N6O2/c1-12(2)20(33)28-19-14-11-31(17-9-27-29-21(34)18(17)23)8-7-16(14)32(30-19)10-13-5-3-4-6-15(13)22(24,25)26/h3-6,9,12H,7-8,10-11H2,1-2H3,(H,29,34)(H,28,30,33). The summed E-state index contributed by atoms with van der Waals surface area (Å²) < 4.78 is 42.1. The van der Waals surface area contributed by atoms with Gasteiger partial charge in [0, 0.05) is 36.7 Å². The minimum Gasteiger partial charge on any atom is -0.364 e. The van der Waals surface area contributed by atoms with Crippen molar-refractivity contribution in [2.24, 2.45) is 5.92 Å². The molecule has 0 aliphatic carbocycles. The summed E-state index contributed by atoms with van der Waals surface area (Å²) in [4.78, 5) is 26.1. The third-order valence-electron chi connectivity index (χ3n) is 5.66. The summed E-state index contributed by atoms with van der Waals surface area (Å²) >= 11 is 6.17. The molecule has 0 spiro atoms. The van der Waals surface area contributed by atoms with Crippen molar-refractivity contribution in [1.29, 1.82) is 0 Å². The molecule has 2 aromatic heterocycles. The first-order valence-electron chi connectivity index (χ1n) is 10.6. The Morgan fingerprint density at radius 2 is 2.03 bits per heavy atom. The van der Waals surface area contributed by atoms with Crippen molar-refractivity contribution < 1.29 is 18.0 Å². The van der Waals surface area contributed by atoms with Gasteiger partial charge in [0.2, 0.25) is 5.91 Å². The summed E-state index contributed by atoms with van der Waals surface area (Å²) in [5.74, 6) is -0.314. The topological polar surface area (TPSA) is 95.9 Å². The van der Waals surface area contributed by atoms with E-state index >= 15 is 0 Å². The molecule has 3 aromatic rings. The van der Waals surface area contributed by atoms with Crippen LogP contribution in [-0.4, -0.2) is 32.4 Å². The van der Waals surface area contributed by atoms with E-state index in [9.17, 15) is 22.8 Å². The van der Waals surface area contributed by atoms with Gasteiger partial charge in [-0.25, -0.2) is 5.10 Å². The molecule has 1 aliphatic heterocycles. The number of H-pyrrole nitrogens is 1. The number of carbonyl (C=O) groups is 1. The number of aromatic amines is 1. The highest BCUT2D eigenvalue weighted by Gasteiger charge is 2.34. The third kappa shape index (κ3) is 4.65. The van der Waals surface area contributed by atoms with E-state index in [0.717, 1.165) is 6.07 Å². The molecule has 1 aromatic carbocycles. The Kier molecular flexibility index (Phi) is 6.39. The van der Waals surface area contributed by atoms with E-state index in [4.69, 9.17) is 11.6 Å². The van der Waals surface area contributed by atoms with Crippen LogP contribution in [0.1, 0.15) is 36.2 Å². The van der Waals surface area contributed by atoms with Crippen LogP contribution in [0.3, 0.4) is 0 Å². The fourth-order valence-electron chi connectivity index (χ4n) is 3.88. The number of carbonyl (C=O) groups excluding carboxylic acids is 1. The molecule has 8 nitrogen and oxygen atoms in total. The first kappa shape index (κ1) is 23.8. The van der Waals surface area contributed by atoms with Crippen molar-refractivity contribution in [3.63, 3.8) is 0 Å². The minimum absolute atomic E-state index is 0.0160. The first-order chi connectivity index (χ1) is 16.1. The second-order valence-corrected chi connectivity index (χ2v) is 8.68. The van der Waals surface area contributed by atoms with Crippen LogP contribution >= 0.6 is 11.6 Å². The van der Waals surface area contributed by atoms with Gasteiger partial charge in [-0.3, -0.25) is 14.3 Å². The average molecular weight is 495 g/mol. The molecule has 180 valence electrons. The van der Waals surface area contributed by atoms with E-state index in [2.05, 4.69) is 20.6 Å². The molecule has 0 saturated heterocycles. The zero-order valence-corrected chi connectivity index (χ0v) is 19.2. The van der Waals surface area contributed by atoms with Crippen LogP contribution in [0.25, 0.3) is 0 Å². The summed E-state index contributed by atoms with van der Waals surface area (Å²) in [5.41, 5.74) is 0.601. The number of rotatable bonds is 5. The average Bonchev–Trinajstić information content (AvgIpc) is 3.11. The quantitative estimate of drug-likeness (QED) is 0.562. The SMILES string of the molecule is CC(C)C(=O)Nc1nn(Cc2ccccc2C(F)(F)F)c2c1CN(c1cn[nH]c(=O)c1Cl)CC2. The number of amides is 1. The predicted molar refractivity (Wildman–Crippen MR) is 121 cm³/mol. The molecule has 2 N–H and O–H groups in total. The van der Waals surface area contributed by atoms with Crippen LogP contribution in [0.4, 0.5) is 24.7 Å². The maximum absolute atomic E-state index is 13.5. The number of hydrogen-bond acceptors (Lipinski definition) is 5. The van der Waals surface area contributed by atoms with E-state index in [-0.39, 0.29) is 41.3 Å². The molecule has 3 heterocycles. The maximum Gasteiger partial charge on any atom is 0.416 e. The van der Waals surface area contributed by atoms with Gasteiger partial charge in [0.15, 0.2) is 5.82 Å². The highest BCUT2D eigenvalue weighted by molar-refractivity contribution is 6.33. The van der Waals surface area contributed by atoms with Crippen LogP contribution in [0.5, 0.6) is 0 Å². The molecule has 12 heteroatoms. The number of halogens is 4. The maximum atomic E-state index is 13.5. The second-order valence-electron chi connectivity index (χ2n) is 8.30. The van der Waals surface area contributed by atoms with Crippen LogP contribution in [0.2, 0.25) is 5.02 Å². The van der Waals surface area contributed by atoms with E-state index < -0.39 is 17.3 Å². The van der Waals surface area contributed by atoms with Gasteiger partial charge in [0.1, 0.15) is 5.02 Å². The van der Waals surface area contributed by atoms with E-state index in [0.29, 0.717) is 29.9 Å². The number of nitrogens with zero attached hydrogens (tertiary/aromatic N) is 4. The van der Waals surface area contributed by atoms with Gasteiger partial charge in [-0.2, -0.15) is 23.4 Å².